The predicted molar refractivity (Wildman–Crippen MR) is 68.8 cm³/mol. The first kappa shape index (κ1) is 10.7. The Morgan fingerprint density at radius 1 is 1.47 bits per heavy atom. The van der Waals surface area contributed by atoms with Crippen LogP contribution in [0.25, 0.3) is 0 Å². The standard InChI is InChI=1S/C11H13IN2O/c12-8-2-1-3-10(6-8)13-7-11(15)14-9-4-5-9/h1-3,6,9,13H,4-5,7H2,(H,14,15). The Hall–Kier alpha value is -0.780. The molecule has 1 aliphatic rings. The van der Waals surface area contributed by atoms with Crippen molar-refractivity contribution in [2.24, 2.45) is 0 Å². The third-order valence-corrected chi connectivity index (χ3v) is 2.89. The van der Waals surface area contributed by atoms with Gasteiger partial charge in [0.2, 0.25) is 5.91 Å². The van der Waals surface area contributed by atoms with Gasteiger partial charge in [0.25, 0.3) is 0 Å². The van der Waals surface area contributed by atoms with Crippen molar-refractivity contribution in [3.05, 3.63) is 27.8 Å². The third-order valence-electron chi connectivity index (χ3n) is 2.22. The molecule has 0 saturated heterocycles. The largest absolute Gasteiger partial charge is 0.376 e. The first-order valence-electron chi connectivity index (χ1n) is 5.03. The molecule has 0 spiro atoms. The molecule has 2 rings (SSSR count). The number of amides is 1. The lowest BCUT2D eigenvalue weighted by atomic mass is 10.3. The molecule has 1 aromatic rings. The molecule has 4 heteroatoms. The van der Waals surface area contributed by atoms with Crippen LogP contribution in [0, 0.1) is 3.57 Å². The van der Waals surface area contributed by atoms with Crippen LogP contribution in [0.3, 0.4) is 0 Å². The van der Waals surface area contributed by atoms with E-state index in [9.17, 15) is 4.79 Å². The summed E-state index contributed by atoms with van der Waals surface area (Å²) >= 11 is 2.25. The first-order chi connectivity index (χ1) is 7.24. The summed E-state index contributed by atoms with van der Waals surface area (Å²) in [7, 11) is 0. The summed E-state index contributed by atoms with van der Waals surface area (Å²) in [6.45, 7) is 0.358. The highest BCUT2D eigenvalue weighted by Crippen LogP contribution is 2.18. The molecule has 0 unspecified atom stereocenters. The maximum Gasteiger partial charge on any atom is 0.239 e. The second-order valence-corrected chi connectivity index (χ2v) is 4.95. The zero-order chi connectivity index (χ0) is 10.7. The van der Waals surface area contributed by atoms with E-state index in [0.29, 0.717) is 12.6 Å². The number of carbonyl (C=O) groups excluding carboxylic acids is 1. The monoisotopic (exact) mass is 316 g/mol. The maximum absolute atomic E-state index is 11.4. The van der Waals surface area contributed by atoms with Gasteiger partial charge in [-0.3, -0.25) is 4.79 Å². The van der Waals surface area contributed by atoms with Crippen molar-refractivity contribution in [3.63, 3.8) is 0 Å². The molecule has 15 heavy (non-hydrogen) atoms. The normalized spacial score (nSPS) is 14.7. The van der Waals surface area contributed by atoms with Crippen molar-refractivity contribution >= 4 is 34.2 Å². The molecule has 80 valence electrons. The predicted octanol–water partition coefficient (Wildman–Crippen LogP) is 1.98. The van der Waals surface area contributed by atoms with E-state index in [0.717, 1.165) is 18.5 Å². The lowest BCUT2D eigenvalue weighted by Crippen LogP contribution is -2.31. The highest BCUT2D eigenvalue weighted by atomic mass is 127. The lowest BCUT2D eigenvalue weighted by Gasteiger charge is -2.06. The summed E-state index contributed by atoms with van der Waals surface area (Å²) in [4.78, 5) is 11.4. The molecule has 1 aromatic carbocycles. The highest BCUT2D eigenvalue weighted by Gasteiger charge is 2.22. The number of benzene rings is 1. The number of carbonyl (C=O) groups is 1. The minimum absolute atomic E-state index is 0.0800. The number of nitrogens with one attached hydrogen (secondary N) is 2. The number of halogens is 1. The fourth-order valence-electron chi connectivity index (χ4n) is 1.29. The number of hydrogen-bond donors (Lipinski definition) is 2. The van der Waals surface area contributed by atoms with Gasteiger partial charge in [0, 0.05) is 15.3 Å². The molecule has 1 fully saturated rings. The quantitative estimate of drug-likeness (QED) is 0.834. The fraction of sp³-hybridized carbons (Fsp3) is 0.364. The van der Waals surface area contributed by atoms with Crippen LogP contribution in [0.2, 0.25) is 0 Å². The van der Waals surface area contributed by atoms with E-state index in [1.54, 1.807) is 0 Å². The Morgan fingerprint density at radius 2 is 2.27 bits per heavy atom. The van der Waals surface area contributed by atoms with Crippen LogP contribution < -0.4 is 10.6 Å². The number of hydrogen-bond acceptors (Lipinski definition) is 2. The SMILES string of the molecule is O=C(CNc1cccc(I)c1)NC1CC1. The van der Waals surface area contributed by atoms with E-state index >= 15 is 0 Å². The molecule has 1 saturated carbocycles. The molecule has 0 atom stereocenters. The number of rotatable bonds is 4. The second kappa shape index (κ2) is 4.83. The molecule has 0 bridgehead atoms. The van der Waals surface area contributed by atoms with Crippen molar-refractivity contribution in [2.45, 2.75) is 18.9 Å². The average Bonchev–Trinajstić information content (AvgIpc) is 2.99. The van der Waals surface area contributed by atoms with Crippen LogP contribution in [0.1, 0.15) is 12.8 Å². The lowest BCUT2D eigenvalue weighted by molar-refractivity contribution is -0.119. The summed E-state index contributed by atoms with van der Waals surface area (Å²) in [6, 6.07) is 8.42. The van der Waals surface area contributed by atoms with Gasteiger partial charge in [-0.25, -0.2) is 0 Å². The van der Waals surface area contributed by atoms with Crippen LogP contribution in [0.15, 0.2) is 24.3 Å². The minimum Gasteiger partial charge on any atom is -0.376 e. The van der Waals surface area contributed by atoms with Gasteiger partial charge in [-0.1, -0.05) is 6.07 Å². The van der Waals surface area contributed by atoms with Crippen molar-refractivity contribution in [1.82, 2.24) is 5.32 Å². The molecule has 0 radical (unpaired) electrons. The molecule has 3 nitrogen and oxygen atoms in total. The molecule has 1 aliphatic carbocycles. The summed E-state index contributed by atoms with van der Waals surface area (Å²) < 4.78 is 1.17. The summed E-state index contributed by atoms with van der Waals surface area (Å²) in [5, 5.41) is 6.04. The van der Waals surface area contributed by atoms with Gasteiger partial charge in [0.15, 0.2) is 0 Å². The van der Waals surface area contributed by atoms with Crippen LogP contribution >= 0.6 is 22.6 Å². The van der Waals surface area contributed by atoms with Crippen molar-refractivity contribution in [1.29, 1.82) is 0 Å². The van der Waals surface area contributed by atoms with Crippen LogP contribution in [0.5, 0.6) is 0 Å². The molecule has 1 amide bonds. The van der Waals surface area contributed by atoms with Gasteiger partial charge in [0.05, 0.1) is 6.54 Å². The molecule has 0 heterocycles. The van der Waals surface area contributed by atoms with Gasteiger partial charge >= 0.3 is 0 Å². The van der Waals surface area contributed by atoms with E-state index in [1.165, 1.54) is 3.57 Å². The zero-order valence-electron chi connectivity index (χ0n) is 8.29. The second-order valence-electron chi connectivity index (χ2n) is 3.71. The van der Waals surface area contributed by atoms with Gasteiger partial charge in [-0.15, -0.1) is 0 Å². The van der Waals surface area contributed by atoms with Gasteiger partial charge < -0.3 is 10.6 Å². The minimum atomic E-state index is 0.0800. The molecule has 0 aliphatic heterocycles. The van der Waals surface area contributed by atoms with E-state index in [-0.39, 0.29) is 5.91 Å². The Morgan fingerprint density at radius 3 is 2.93 bits per heavy atom. The Balaban J connectivity index is 1.78. The zero-order valence-corrected chi connectivity index (χ0v) is 10.5. The summed E-state index contributed by atoms with van der Waals surface area (Å²) in [5.41, 5.74) is 0.993. The van der Waals surface area contributed by atoms with Gasteiger partial charge in [0.1, 0.15) is 0 Å². The van der Waals surface area contributed by atoms with E-state index in [1.807, 2.05) is 24.3 Å². The van der Waals surface area contributed by atoms with Crippen LogP contribution in [0.4, 0.5) is 5.69 Å². The average molecular weight is 316 g/mol. The van der Waals surface area contributed by atoms with E-state index in [2.05, 4.69) is 33.2 Å². The van der Waals surface area contributed by atoms with Crippen molar-refractivity contribution in [3.8, 4) is 0 Å². The molecular formula is C11H13IN2O. The Labute approximate surface area is 103 Å². The maximum atomic E-state index is 11.4. The smallest absolute Gasteiger partial charge is 0.239 e. The summed E-state index contributed by atoms with van der Waals surface area (Å²) in [5.74, 6) is 0.0800. The summed E-state index contributed by atoms with van der Waals surface area (Å²) in [6.07, 6.45) is 2.27. The van der Waals surface area contributed by atoms with Gasteiger partial charge in [-0.05, 0) is 53.6 Å². The van der Waals surface area contributed by atoms with E-state index < -0.39 is 0 Å². The van der Waals surface area contributed by atoms with Crippen molar-refractivity contribution in [2.75, 3.05) is 11.9 Å². The molecule has 0 aromatic heterocycles. The van der Waals surface area contributed by atoms with Gasteiger partial charge in [-0.2, -0.15) is 0 Å². The Bertz CT molecular complexity index is 363. The van der Waals surface area contributed by atoms with E-state index in [4.69, 9.17) is 0 Å². The van der Waals surface area contributed by atoms with Crippen LogP contribution in [-0.4, -0.2) is 18.5 Å². The topological polar surface area (TPSA) is 41.1 Å². The molecular weight excluding hydrogens is 303 g/mol. The molecule has 2 N–H and O–H groups in total. The third kappa shape index (κ3) is 3.70. The highest BCUT2D eigenvalue weighted by molar-refractivity contribution is 14.1. The first-order valence-corrected chi connectivity index (χ1v) is 6.11. The fourth-order valence-corrected chi connectivity index (χ4v) is 1.83. The van der Waals surface area contributed by atoms with Crippen LogP contribution in [-0.2, 0) is 4.79 Å². The Kier molecular flexibility index (Phi) is 3.45. The van der Waals surface area contributed by atoms with Crippen molar-refractivity contribution < 1.29 is 4.79 Å². The number of anilines is 1.